The van der Waals surface area contributed by atoms with E-state index in [-0.39, 0.29) is 6.42 Å². The largest absolute Gasteiger partial charge is 0.462 e. The van der Waals surface area contributed by atoms with Crippen LogP contribution >= 0.6 is 7.60 Å². The van der Waals surface area contributed by atoms with Crippen molar-refractivity contribution >= 4 is 7.60 Å². The molecule has 174 valence electrons. The zero-order valence-electron chi connectivity index (χ0n) is 17.5. The topological polar surface area (TPSA) is 137 Å². The molecule has 5 N–H and O–H groups in total. The molecule has 1 fully saturated rings. The summed E-state index contributed by atoms with van der Waals surface area (Å²) in [6.07, 6.45) is 5.04. The lowest BCUT2D eigenvalue weighted by Gasteiger charge is -2.40. The summed E-state index contributed by atoms with van der Waals surface area (Å²) in [5.74, 6) is 3.06. The molecule has 0 spiro atoms. The predicted octanol–water partition coefficient (Wildman–Crippen LogP) is 1.96. The molecular weight excluding hydrogens is 423 g/mol. The van der Waals surface area contributed by atoms with Gasteiger partial charge in [0, 0.05) is 6.42 Å². The first-order valence-electron chi connectivity index (χ1n) is 10.6. The standard InChI is InChI=1S/C22H33O8P/c1-2-3-4-5-6-7-8-9-16-10-12-17(13-11-16)29-22-21(25)20(24)19(23)18(30-22)14-15-31(26,27)28/h1,10-13,18-25H,3-9,14-15H2,(H2,26,27,28)/t18-,19-,20+,21+,22+/m1/s1. The molecule has 1 aliphatic rings. The summed E-state index contributed by atoms with van der Waals surface area (Å²) in [7, 11) is -4.29. The van der Waals surface area contributed by atoms with Gasteiger partial charge < -0.3 is 34.6 Å². The van der Waals surface area contributed by atoms with Crippen LogP contribution in [-0.4, -0.2) is 62.0 Å². The Balaban J connectivity index is 1.83. The molecule has 2 rings (SSSR count). The highest BCUT2D eigenvalue weighted by atomic mass is 31.2. The average molecular weight is 456 g/mol. The van der Waals surface area contributed by atoms with Gasteiger partial charge in [-0.1, -0.05) is 31.4 Å². The Morgan fingerprint density at radius 1 is 0.968 bits per heavy atom. The van der Waals surface area contributed by atoms with Gasteiger partial charge in [0.15, 0.2) is 0 Å². The second-order valence-electron chi connectivity index (χ2n) is 7.93. The minimum absolute atomic E-state index is 0.184. The molecule has 0 radical (unpaired) electrons. The Hall–Kier alpha value is -1.43. The number of ether oxygens (including phenoxy) is 2. The van der Waals surface area contributed by atoms with Crippen molar-refractivity contribution in [2.24, 2.45) is 0 Å². The maximum Gasteiger partial charge on any atom is 0.325 e. The number of unbranched alkanes of at least 4 members (excludes halogenated alkanes) is 5. The molecule has 8 nitrogen and oxygen atoms in total. The van der Waals surface area contributed by atoms with Crippen molar-refractivity contribution in [3.63, 3.8) is 0 Å². The van der Waals surface area contributed by atoms with Crippen LogP contribution in [0.4, 0.5) is 0 Å². The number of rotatable bonds is 12. The molecule has 0 aromatic heterocycles. The Labute approximate surface area is 183 Å². The van der Waals surface area contributed by atoms with Crippen LogP contribution in [0, 0.1) is 12.3 Å². The van der Waals surface area contributed by atoms with Crippen molar-refractivity contribution < 1.29 is 39.1 Å². The molecule has 9 heteroatoms. The van der Waals surface area contributed by atoms with Crippen LogP contribution in [0.2, 0.25) is 0 Å². The highest BCUT2D eigenvalue weighted by Crippen LogP contribution is 2.37. The van der Waals surface area contributed by atoms with Crippen LogP contribution in [0.15, 0.2) is 24.3 Å². The van der Waals surface area contributed by atoms with Crippen LogP contribution in [0.3, 0.4) is 0 Å². The number of terminal acetylenes is 1. The molecule has 1 aliphatic heterocycles. The molecule has 0 saturated carbocycles. The highest BCUT2D eigenvalue weighted by Gasteiger charge is 2.45. The number of hydrogen-bond acceptors (Lipinski definition) is 6. The molecule has 0 unspecified atom stereocenters. The van der Waals surface area contributed by atoms with Crippen molar-refractivity contribution in [2.75, 3.05) is 6.16 Å². The van der Waals surface area contributed by atoms with E-state index in [1.807, 2.05) is 12.1 Å². The first-order valence-corrected chi connectivity index (χ1v) is 12.4. The molecule has 31 heavy (non-hydrogen) atoms. The summed E-state index contributed by atoms with van der Waals surface area (Å²) in [5, 5.41) is 30.3. The summed E-state index contributed by atoms with van der Waals surface area (Å²) in [6.45, 7) is 0. The predicted molar refractivity (Wildman–Crippen MR) is 116 cm³/mol. The van der Waals surface area contributed by atoms with Crippen LogP contribution in [0.25, 0.3) is 0 Å². The van der Waals surface area contributed by atoms with Crippen LogP contribution in [-0.2, 0) is 15.7 Å². The first kappa shape index (κ1) is 25.8. The summed E-state index contributed by atoms with van der Waals surface area (Å²) in [5.41, 5.74) is 1.15. The van der Waals surface area contributed by atoms with E-state index >= 15 is 0 Å². The van der Waals surface area contributed by atoms with E-state index in [0.717, 1.165) is 50.5 Å². The number of hydrogen-bond donors (Lipinski definition) is 5. The van der Waals surface area contributed by atoms with Gasteiger partial charge >= 0.3 is 7.60 Å². The monoisotopic (exact) mass is 456 g/mol. The fourth-order valence-corrected chi connectivity index (χ4v) is 4.09. The normalized spacial score (nSPS) is 26.4. The summed E-state index contributed by atoms with van der Waals surface area (Å²) < 4.78 is 22.2. The zero-order valence-corrected chi connectivity index (χ0v) is 18.4. The lowest BCUT2D eigenvalue weighted by Crippen LogP contribution is -2.59. The van der Waals surface area contributed by atoms with Crippen molar-refractivity contribution in [1.29, 1.82) is 0 Å². The van der Waals surface area contributed by atoms with E-state index < -0.39 is 44.5 Å². The lowest BCUT2D eigenvalue weighted by molar-refractivity contribution is -0.272. The molecule has 5 atom stereocenters. The summed E-state index contributed by atoms with van der Waals surface area (Å²) in [4.78, 5) is 18.1. The van der Waals surface area contributed by atoms with Crippen LogP contribution < -0.4 is 4.74 Å². The van der Waals surface area contributed by atoms with E-state index in [1.165, 1.54) is 0 Å². The Morgan fingerprint density at radius 3 is 2.26 bits per heavy atom. The molecule has 0 bridgehead atoms. The minimum Gasteiger partial charge on any atom is -0.462 e. The maximum atomic E-state index is 11.1. The Morgan fingerprint density at radius 2 is 1.61 bits per heavy atom. The smallest absolute Gasteiger partial charge is 0.325 e. The zero-order chi connectivity index (χ0) is 22.9. The number of aryl methyl sites for hydroxylation is 1. The van der Waals surface area contributed by atoms with Gasteiger partial charge in [-0.15, -0.1) is 12.3 Å². The summed E-state index contributed by atoms with van der Waals surface area (Å²) in [6, 6.07) is 7.31. The molecule has 1 heterocycles. The third-order valence-corrected chi connectivity index (χ3v) is 6.18. The maximum absolute atomic E-state index is 11.1. The van der Waals surface area contributed by atoms with E-state index in [4.69, 9.17) is 25.7 Å². The Bertz CT molecular complexity index is 741. The molecule has 0 aliphatic carbocycles. The SMILES string of the molecule is C#CCCCCCCCc1ccc(O[C@H]2O[C@H](CCP(=O)(O)O)[C@@H](O)[C@H](O)[C@@H]2O)cc1. The van der Waals surface area contributed by atoms with E-state index in [9.17, 15) is 19.9 Å². The molecule has 1 saturated heterocycles. The highest BCUT2D eigenvalue weighted by molar-refractivity contribution is 7.51. The van der Waals surface area contributed by atoms with Gasteiger partial charge in [0.05, 0.1) is 12.3 Å². The van der Waals surface area contributed by atoms with Crippen molar-refractivity contribution in [1.82, 2.24) is 0 Å². The van der Waals surface area contributed by atoms with Gasteiger partial charge in [0.2, 0.25) is 6.29 Å². The van der Waals surface area contributed by atoms with Gasteiger partial charge in [-0.3, -0.25) is 4.57 Å². The quantitative estimate of drug-likeness (QED) is 0.183. The molecule has 1 aromatic rings. The van der Waals surface area contributed by atoms with Gasteiger partial charge in [-0.05, 0) is 43.4 Å². The molecule has 1 aromatic carbocycles. The molecule has 0 amide bonds. The molecular formula is C22H33O8P. The second-order valence-corrected chi connectivity index (χ2v) is 9.70. The van der Waals surface area contributed by atoms with Gasteiger partial charge in [0.1, 0.15) is 24.1 Å². The van der Waals surface area contributed by atoms with E-state index in [1.54, 1.807) is 12.1 Å². The van der Waals surface area contributed by atoms with Gasteiger partial charge in [-0.25, -0.2) is 0 Å². The first-order chi connectivity index (χ1) is 14.7. The van der Waals surface area contributed by atoms with Crippen molar-refractivity contribution in [3.8, 4) is 18.1 Å². The van der Waals surface area contributed by atoms with Gasteiger partial charge in [0.25, 0.3) is 0 Å². The second kappa shape index (κ2) is 12.6. The van der Waals surface area contributed by atoms with E-state index in [2.05, 4.69) is 5.92 Å². The lowest BCUT2D eigenvalue weighted by atomic mass is 9.97. The number of benzene rings is 1. The van der Waals surface area contributed by atoms with Crippen LogP contribution in [0.5, 0.6) is 5.75 Å². The van der Waals surface area contributed by atoms with Crippen molar-refractivity contribution in [2.45, 2.75) is 82.1 Å². The Kier molecular flexibility index (Phi) is 10.5. The number of aliphatic hydroxyl groups excluding tert-OH is 3. The number of aliphatic hydroxyl groups is 3. The van der Waals surface area contributed by atoms with Crippen LogP contribution in [0.1, 0.15) is 50.5 Å². The third-order valence-electron chi connectivity index (χ3n) is 5.34. The average Bonchev–Trinajstić information content (AvgIpc) is 2.73. The fourth-order valence-electron chi connectivity index (χ4n) is 3.50. The summed E-state index contributed by atoms with van der Waals surface area (Å²) >= 11 is 0. The minimum atomic E-state index is -4.29. The third kappa shape index (κ3) is 8.91. The van der Waals surface area contributed by atoms with Crippen molar-refractivity contribution in [3.05, 3.63) is 29.8 Å². The van der Waals surface area contributed by atoms with E-state index in [0.29, 0.717) is 5.75 Å². The fraction of sp³-hybridized carbons (Fsp3) is 0.636. The van der Waals surface area contributed by atoms with Gasteiger partial charge in [-0.2, -0.15) is 0 Å².